The average molecular weight is 266 g/mol. The third kappa shape index (κ3) is 6.22. The minimum absolute atomic E-state index is 0.615. The van der Waals surface area contributed by atoms with E-state index >= 15 is 0 Å². The number of nitrogens with one attached hydrogen (secondary N) is 3. The van der Waals surface area contributed by atoms with Gasteiger partial charge in [-0.15, -0.1) is 0 Å². The number of hydrogen-bond donors (Lipinski definition) is 3. The van der Waals surface area contributed by atoms with Crippen molar-refractivity contribution in [2.24, 2.45) is 0 Å². The highest BCUT2D eigenvalue weighted by Crippen LogP contribution is 2.09. The zero-order valence-corrected chi connectivity index (χ0v) is 12.3. The van der Waals surface area contributed by atoms with Crippen molar-refractivity contribution < 1.29 is 0 Å². The molecule has 0 unspecified atom stereocenters. The Balaban J connectivity index is 2.54. The van der Waals surface area contributed by atoms with E-state index in [2.05, 4.69) is 37.8 Å². The summed E-state index contributed by atoms with van der Waals surface area (Å²) in [7, 11) is 0. The summed E-state index contributed by atoms with van der Waals surface area (Å²) in [5, 5.41) is 9.49. The van der Waals surface area contributed by atoms with Gasteiger partial charge >= 0.3 is 0 Å². The van der Waals surface area contributed by atoms with Gasteiger partial charge in [0.15, 0.2) is 0 Å². The van der Waals surface area contributed by atoms with E-state index in [1.807, 2.05) is 13.8 Å². The maximum atomic E-state index is 4.34. The predicted octanol–water partition coefficient (Wildman–Crippen LogP) is 2.73. The molecule has 3 N–H and O–H groups in total. The molecule has 0 amide bonds. The van der Waals surface area contributed by atoms with Crippen LogP contribution in [0, 0.1) is 0 Å². The van der Waals surface area contributed by atoms with Crippen LogP contribution in [0.15, 0.2) is 0 Å². The third-order valence-electron chi connectivity index (χ3n) is 2.62. The Bertz CT molecular complexity index is 331. The number of rotatable bonds is 10. The standard InChI is InChI=1S/C13H26N6/c1-4-7-8-9-10-16-13-18-11(14-5-2)17-12(19-13)15-6-3/h4-10H2,1-3H3,(H3,14,15,16,17,18,19). The van der Waals surface area contributed by atoms with Gasteiger partial charge in [-0.25, -0.2) is 0 Å². The Morgan fingerprint density at radius 2 is 1.21 bits per heavy atom. The van der Waals surface area contributed by atoms with Crippen molar-refractivity contribution in [3.8, 4) is 0 Å². The molecule has 1 aromatic rings. The summed E-state index contributed by atoms with van der Waals surface area (Å²) in [5.74, 6) is 1.87. The lowest BCUT2D eigenvalue weighted by Gasteiger charge is -2.09. The molecule has 0 radical (unpaired) electrons. The summed E-state index contributed by atoms with van der Waals surface area (Å²) in [6, 6.07) is 0. The largest absolute Gasteiger partial charge is 0.354 e. The lowest BCUT2D eigenvalue weighted by molar-refractivity contribution is 0.683. The molecule has 0 saturated heterocycles. The highest BCUT2D eigenvalue weighted by atomic mass is 15.3. The second kappa shape index (κ2) is 9.35. The van der Waals surface area contributed by atoms with Crippen LogP contribution in [0.1, 0.15) is 46.5 Å². The molecule has 0 spiro atoms. The van der Waals surface area contributed by atoms with E-state index in [9.17, 15) is 0 Å². The molecule has 6 heteroatoms. The van der Waals surface area contributed by atoms with Crippen LogP contribution in [0.5, 0.6) is 0 Å². The molecule has 0 bridgehead atoms. The molecule has 0 aliphatic carbocycles. The van der Waals surface area contributed by atoms with Gasteiger partial charge in [-0.3, -0.25) is 0 Å². The molecule has 0 aromatic carbocycles. The summed E-state index contributed by atoms with van der Waals surface area (Å²) in [6.45, 7) is 8.76. The molecule has 108 valence electrons. The number of aromatic nitrogens is 3. The van der Waals surface area contributed by atoms with Gasteiger partial charge in [0.25, 0.3) is 0 Å². The van der Waals surface area contributed by atoms with Crippen LogP contribution in [-0.2, 0) is 0 Å². The van der Waals surface area contributed by atoms with E-state index in [-0.39, 0.29) is 0 Å². The topological polar surface area (TPSA) is 74.8 Å². The molecule has 0 saturated carbocycles. The van der Waals surface area contributed by atoms with Gasteiger partial charge in [-0.2, -0.15) is 15.0 Å². The molecule has 0 aliphatic heterocycles. The molecule has 0 aliphatic rings. The molecule has 1 heterocycles. The number of nitrogens with zero attached hydrogens (tertiary/aromatic N) is 3. The van der Waals surface area contributed by atoms with Gasteiger partial charge in [0.05, 0.1) is 0 Å². The summed E-state index contributed by atoms with van der Waals surface area (Å²) in [6.07, 6.45) is 4.92. The molecular formula is C13H26N6. The van der Waals surface area contributed by atoms with Gasteiger partial charge in [-0.1, -0.05) is 26.2 Å². The SMILES string of the molecule is CCCCCCNc1nc(NCC)nc(NCC)n1. The quantitative estimate of drug-likeness (QED) is 0.565. The van der Waals surface area contributed by atoms with Gasteiger partial charge in [-0.05, 0) is 20.3 Å². The predicted molar refractivity (Wildman–Crippen MR) is 80.8 cm³/mol. The second-order valence-electron chi connectivity index (χ2n) is 4.35. The minimum Gasteiger partial charge on any atom is -0.354 e. The molecule has 0 fully saturated rings. The smallest absolute Gasteiger partial charge is 0.229 e. The van der Waals surface area contributed by atoms with Crippen molar-refractivity contribution in [1.29, 1.82) is 0 Å². The highest BCUT2D eigenvalue weighted by molar-refractivity contribution is 5.41. The van der Waals surface area contributed by atoms with E-state index in [0.29, 0.717) is 17.8 Å². The fourth-order valence-corrected chi connectivity index (χ4v) is 1.68. The zero-order valence-electron chi connectivity index (χ0n) is 12.3. The van der Waals surface area contributed by atoms with Crippen molar-refractivity contribution in [2.45, 2.75) is 46.5 Å². The lowest BCUT2D eigenvalue weighted by Crippen LogP contribution is -2.12. The van der Waals surface area contributed by atoms with Crippen LogP contribution in [-0.4, -0.2) is 34.6 Å². The number of anilines is 3. The molecule has 1 rings (SSSR count). The van der Waals surface area contributed by atoms with Crippen molar-refractivity contribution in [1.82, 2.24) is 15.0 Å². The second-order valence-corrected chi connectivity index (χ2v) is 4.35. The first kappa shape index (κ1) is 15.5. The Morgan fingerprint density at radius 3 is 1.68 bits per heavy atom. The van der Waals surface area contributed by atoms with Gasteiger partial charge < -0.3 is 16.0 Å². The molecule has 6 nitrogen and oxygen atoms in total. The first-order valence-electron chi connectivity index (χ1n) is 7.27. The van der Waals surface area contributed by atoms with E-state index in [0.717, 1.165) is 26.1 Å². The van der Waals surface area contributed by atoms with Gasteiger partial charge in [0, 0.05) is 19.6 Å². The van der Waals surface area contributed by atoms with Crippen molar-refractivity contribution >= 4 is 17.8 Å². The average Bonchev–Trinajstić information content (AvgIpc) is 2.39. The summed E-state index contributed by atoms with van der Waals surface area (Å²) in [5.41, 5.74) is 0. The number of unbranched alkanes of at least 4 members (excludes halogenated alkanes) is 3. The van der Waals surface area contributed by atoms with Gasteiger partial charge in [0.2, 0.25) is 17.8 Å². The Kier molecular flexibility index (Phi) is 7.62. The molecule has 19 heavy (non-hydrogen) atoms. The highest BCUT2D eigenvalue weighted by Gasteiger charge is 2.04. The van der Waals surface area contributed by atoms with Crippen LogP contribution >= 0.6 is 0 Å². The molecular weight excluding hydrogens is 240 g/mol. The van der Waals surface area contributed by atoms with Gasteiger partial charge in [0.1, 0.15) is 0 Å². The lowest BCUT2D eigenvalue weighted by atomic mass is 10.2. The fraction of sp³-hybridized carbons (Fsp3) is 0.769. The Labute approximate surface area is 115 Å². The summed E-state index contributed by atoms with van der Waals surface area (Å²) >= 11 is 0. The van der Waals surface area contributed by atoms with E-state index < -0.39 is 0 Å². The van der Waals surface area contributed by atoms with E-state index in [4.69, 9.17) is 0 Å². The summed E-state index contributed by atoms with van der Waals surface area (Å²) in [4.78, 5) is 13.0. The fourth-order valence-electron chi connectivity index (χ4n) is 1.68. The van der Waals surface area contributed by atoms with E-state index in [1.165, 1.54) is 19.3 Å². The van der Waals surface area contributed by atoms with Crippen molar-refractivity contribution in [3.05, 3.63) is 0 Å². The van der Waals surface area contributed by atoms with E-state index in [1.54, 1.807) is 0 Å². The van der Waals surface area contributed by atoms with Crippen LogP contribution in [0.4, 0.5) is 17.8 Å². The van der Waals surface area contributed by atoms with Crippen LogP contribution in [0.2, 0.25) is 0 Å². The maximum absolute atomic E-state index is 4.34. The molecule has 0 atom stereocenters. The first-order valence-corrected chi connectivity index (χ1v) is 7.27. The van der Waals surface area contributed by atoms with Crippen LogP contribution < -0.4 is 16.0 Å². The summed E-state index contributed by atoms with van der Waals surface area (Å²) < 4.78 is 0. The zero-order chi connectivity index (χ0) is 13.9. The first-order chi connectivity index (χ1) is 9.30. The normalized spacial score (nSPS) is 10.3. The third-order valence-corrected chi connectivity index (χ3v) is 2.62. The Hall–Kier alpha value is -1.59. The van der Waals surface area contributed by atoms with Crippen LogP contribution in [0.3, 0.4) is 0 Å². The molecule has 1 aromatic heterocycles. The maximum Gasteiger partial charge on any atom is 0.229 e. The monoisotopic (exact) mass is 266 g/mol. The Morgan fingerprint density at radius 1 is 0.684 bits per heavy atom. The van der Waals surface area contributed by atoms with Crippen LogP contribution in [0.25, 0.3) is 0 Å². The van der Waals surface area contributed by atoms with Crippen molar-refractivity contribution in [3.63, 3.8) is 0 Å². The number of hydrogen-bond acceptors (Lipinski definition) is 6. The minimum atomic E-state index is 0.615. The van der Waals surface area contributed by atoms with Crippen molar-refractivity contribution in [2.75, 3.05) is 35.6 Å².